The smallest absolute Gasteiger partial charge is 0.249 e. The number of hydrogen-bond donors (Lipinski definition) is 0. The molecule has 40 heavy (non-hydrogen) atoms. The van der Waals surface area contributed by atoms with Gasteiger partial charge in [0.05, 0.1) is 31.2 Å². The van der Waals surface area contributed by atoms with Crippen LogP contribution in [-0.4, -0.2) is 58.6 Å². The van der Waals surface area contributed by atoms with Crippen LogP contribution in [0.2, 0.25) is 0 Å². The molecule has 0 aromatic heterocycles. The highest BCUT2D eigenvalue weighted by molar-refractivity contribution is 5.93. The van der Waals surface area contributed by atoms with Crippen molar-refractivity contribution < 1.29 is 32.6 Å². The molecule has 0 spiro atoms. The Hall–Kier alpha value is -3.17. The van der Waals surface area contributed by atoms with Gasteiger partial charge >= 0.3 is 0 Å². The van der Waals surface area contributed by atoms with Gasteiger partial charge in [-0.05, 0) is 5.92 Å². The van der Waals surface area contributed by atoms with Crippen LogP contribution in [0, 0.1) is 23.7 Å². The van der Waals surface area contributed by atoms with E-state index < -0.39 is 18.1 Å². The molecule has 2 amide bonds. The molecule has 4 saturated heterocycles. The number of alkyl halides is 2. The molecule has 0 radical (unpaired) electrons. The maximum Gasteiger partial charge on any atom is 0.249 e. The van der Waals surface area contributed by atoms with Crippen molar-refractivity contribution in [2.75, 3.05) is 13.2 Å². The van der Waals surface area contributed by atoms with Gasteiger partial charge in [0, 0.05) is 48.6 Å². The third-order valence-electron chi connectivity index (χ3n) is 9.37. The topological polar surface area (TPSA) is 76.2 Å². The Morgan fingerprint density at radius 2 is 1.18 bits per heavy atom. The first-order valence-electron chi connectivity index (χ1n) is 13.7. The fraction of sp³-hybridized carbons (Fsp3) is 0.516. The largest absolute Gasteiger partial charge is 0.352 e. The number of ketones is 1. The van der Waals surface area contributed by atoms with Gasteiger partial charge in [0.2, 0.25) is 17.7 Å². The van der Waals surface area contributed by atoms with E-state index in [2.05, 4.69) is 0 Å². The number of carbonyl (C=O) groups is 3. The Morgan fingerprint density at radius 1 is 0.675 bits per heavy atom. The molecule has 4 heterocycles. The molecule has 6 fully saturated rings. The fourth-order valence-electron chi connectivity index (χ4n) is 7.68. The molecule has 4 aliphatic heterocycles. The van der Waals surface area contributed by atoms with E-state index in [-0.39, 0.29) is 73.9 Å². The number of Topliss-reactive ketones (excluding diaryl/α,β-unsaturated/α-hetero) is 1. The first kappa shape index (κ1) is 27.0. The van der Waals surface area contributed by atoms with Gasteiger partial charge in [0.15, 0.2) is 12.5 Å². The van der Waals surface area contributed by atoms with Crippen molar-refractivity contribution in [3.63, 3.8) is 0 Å². The number of halogens is 2. The second-order valence-corrected chi connectivity index (χ2v) is 11.6. The summed E-state index contributed by atoms with van der Waals surface area (Å²) >= 11 is 0. The van der Waals surface area contributed by atoms with Crippen LogP contribution in [0.25, 0.3) is 0 Å². The number of carbonyl (C=O) groups excluding carboxylic acids is 3. The number of hydrogen-bond acceptors (Lipinski definition) is 5. The normalized spacial score (nSPS) is 36.5. The minimum Gasteiger partial charge on any atom is -0.352 e. The standard InChI is InChI=1S/C15H15F2NO2.C15H15NO3.CH4/c16-15(17)6-10-11(7-15)13(19)18-12(10)8-20-14(18)9-4-2-1-3-5-9;17-10-6-11-12(7-10)14(18)16-13(11)8-19-15(16)9-4-2-1-3-5-9;/h1-5,10-12,14H,6-8H2;1-5,11-13,15H,6-8H2;1H4/t10-,11?,12?,14-;11-,12?,13?,15-;/m00./s1. The first-order chi connectivity index (χ1) is 18.8. The van der Waals surface area contributed by atoms with Gasteiger partial charge < -0.3 is 19.3 Å². The SMILES string of the molecule is C.O=C1C2CC(F)(F)C[C@@H]2C2CO[C@@H](c3ccccc3)N12.O=C1CC2C(=O)N3C(CO[C@H]3c3ccccc3)[C@H]2C1. The van der Waals surface area contributed by atoms with E-state index in [0.717, 1.165) is 11.1 Å². The van der Waals surface area contributed by atoms with Gasteiger partial charge in [-0.25, -0.2) is 8.78 Å². The molecule has 0 N–H and O–H groups in total. The van der Waals surface area contributed by atoms with Crippen LogP contribution in [0.3, 0.4) is 0 Å². The van der Waals surface area contributed by atoms with E-state index in [1.54, 1.807) is 4.90 Å². The molecular weight excluding hydrogens is 518 g/mol. The van der Waals surface area contributed by atoms with Crippen molar-refractivity contribution in [3.8, 4) is 0 Å². The third kappa shape index (κ3) is 4.25. The van der Waals surface area contributed by atoms with Gasteiger partial charge in [0.25, 0.3) is 0 Å². The van der Waals surface area contributed by atoms with Crippen LogP contribution < -0.4 is 0 Å². The summed E-state index contributed by atoms with van der Waals surface area (Å²) in [5.41, 5.74) is 1.93. The molecule has 0 bridgehead atoms. The van der Waals surface area contributed by atoms with Crippen molar-refractivity contribution >= 4 is 17.6 Å². The van der Waals surface area contributed by atoms with Crippen LogP contribution >= 0.6 is 0 Å². The van der Waals surface area contributed by atoms with Gasteiger partial charge in [-0.3, -0.25) is 14.4 Å². The lowest BCUT2D eigenvalue weighted by molar-refractivity contribution is -0.139. The summed E-state index contributed by atoms with van der Waals surface area (Å²) in [6.45, 7) is 0.919. The first-order valence-corrected chi connectivity index (χ1v) is 13.7. The van der Waals surface area contributed by atoms with Gasteiger partial charge in [-0.2, -0.15) is 0 Å². The molecule has 2 aromatic carbocycles. The predicted molar refractivity (Wildman–Crippen MR) is 141 cm³/mol. The maximum atomic E-state index is 13.5. The molecule has 9 heteroatoms. The van der Waals surface area contributed by atoms with E-state index in [0.29, 0.717) is 26.1 Å². The maximum absolute atomic E-state index is 13.5. The minimum absolute atomic E-state index is 0. The molecule has 212 valence electrons. The molecule has 2 aromatic rings. The zero-order chi connectivity index (χ0) is 26.9. The minimum atomic E-state index is -2.69. The zero-order valence-electron chi connectivity index (χ0n) is 21.3. The molecule has 2 saturated carbocycles. The summed E-state index contributed by atoms with van der Waals surface area (Å²) in [5.74, 6) is -3.22. The quantitative estimate of drug-likeness (QED) is 0.538. The monoisotopic (exact) mass is 552 g/mol. The lowest BCUT2D eigenvalue weighted by Gasteiger charge is -2.25. The van der Waals surface area contributed by atoms with Crippen LogP contribution in [0.1, 0.15) is 56.7 Å². The molecule has 2 aliphatic carbocycles. The van der Waals surface area contributed by atoms with Crippen molar-refractivity contribution in [1.29, 1.82) is 0 Å². The van der Waals surface area contributed by atoms with Crippen LogP contribution in [0.5, 0.6) is 0 Å². The van der Waals surface area contributed by atoms with Crippen molar-refractivity contribution in [3.05, 3.63) is 71.8 Å². The molecule has 8 atom stereocenters. The number of rotatable bonds is 2. The predicted octanol–water partition coefficient (Wildman–Crippen LogP) is 4.75. The Balaban J connectivity index is 0.000000141. The molecule has 8 rings (SSSR count). The van der Waals surface area contributed by atoms with Crippen molar-refractivity contribution in [2.45, 2.75) is 63.6 Å². The summed E-state index contributed by atoms with van der Waals surface area (Å²) < 4.78 is 38.5. The van der Waals surface area contributed by atoms with Crippen LogP contribution in [0.4, 0.5) is 8.78 Å². The summed E-state index contributed by atoms with van der Waals surface area (Å²) in [6.07, 6.45) is -0.187. The van der Waals surface area contributed by atoms with Crippen molar-refractivity contribution in [2.24, 2.45) is 23.7 Å². The lowest BCUT2D eigenvalue weighted by Crippen LogP contribution is -2.35. The van der Waals surface area contributed by atoms with E-state index in [1.165, 1.54) is 0 Å². The number of ether oxygens (including phenoxy) is 2. The highest BCUT2D eigenvalue weighted by Crippen LogP contribution is 2.54. The number of nitrogens with zero attached hydrogens (tertiary/aromatic N) is 2. The fourth-order valence-corrected chi connectivity index (χ4v) is 7.68. The van der Waals surface area contributed by atoms with Gasteiger partial charge in [-0.15, -0.1) is 0 Å². The molecule has 4 unspecified atom stereocenters. The Labute approximate surface area is 232 Å². The summed E-state index contributed by atoms with van der Waals surface area (Å²) in [5, 5.41) is 0. The zero-order valence-corrected chi connectivity index (χ0v) is 21.3. The Morgan fingerprint density at radius 3 is 1.73 bits per heavy atom. The number of benzene rings is 2. The van der Waals surface area contributed by atoms with E-state index >= 15 is 0 Å². The van der Waals surface area contributed by atoms with Crippen LogP contribution in [0.15, 0.2) is 60.7 Å². The van der Waals surface area contributed by atoms with E-state index in [1.807, 2.05) is 65.6 Å². The van der Waals surface area contributed by atoms with Crippen molar-refractivity contribution in [1.82, 2.24) is 9.80 Å². The van der Waals surface area contributed by atoms with Gasteiger partial charge in [-0.1, -0.05) is 68.1 Å². The second kappa shape index (κ2) is 10.0. The lowest BCUT2D eigenvalue weighted by atomic mass is 9.94. The van der Waals surface area contributed by atoms with E-state index in [4.69, 9.17) is 9.47 Å². The number of amides is 2. The average molecular weight is 553 g/mol. The Bertz CT molecular complexity index is 1290. The third-order valence-corrected chi connectivity index (χ3v) is 9.37. The van der Waals surface area contributed by atoms with E-state index in [9.17, 15) is 23.2 Å². The highest BCUT2D eigenvalue weighted by Gasteiger charge is 2.62. The Kier molecular flexibility index (Phi) is 6.78. The summed E-state index contributed by atoms with van der Waals surface area (Å²) in [6, 6.07) is 19.2. The summed E-state index contributed by atoms with van der Waals surface area (Å²) in [7, 11) is 0. The summed E-state index contributed by atoms with van der Waals surface area (Å²) in [4.78, 5) is 40.0. The molecular formula is C31H34F2N2O5. The highest BCUT2D eigenvalue weighted by atomic mass is 19.3. The molecule has 7 nitrogen and oxygen atoms in total. The average Bonchev–Trinajstić information content (AvgIpc) is 3.75. The van der Waals surface area contributed by atoms with Gasteiger partial charge in [0.1, 0.15) is 5.78 Å². The second-order valence-electron chi connectivity index (χ2n) is 11.6. The van der Waals surface area contributed by atoms with Crippen LogP contribution in [-0.2, 0) is 23.9 Å². The molecule has 6 aliphatic rings. The number of fused-ring (bicyclic) bond motifs is 6.